The molecule has 0 unspecified atom stereocenters. The zero-order valence-corrected chi connectivity index (χ0v) is 9.90. The molecular formula is C9H23N2O4+. The maximum atomic E-state index is 5.98. The summed E-state index contributed by atoms with van der Waals surface area (Å²) in [6.45, 7) is 3.20. The highest BCUT2D eigenvalue weighted by Gasteiger charge is 2.15. The molecule has 0 aliphatic rings. The first-order valence-electron chi connectivity index (χ1n) is 4.89. The third kappa shape index (κ3) is 10.1. The molecule has 0 rings (SSSR count). The van der Waals surface area contributed by atoms with Crippen molar-refractivity contribution in [1.82, 2.24) is 0 Å². The van der Waals surface area contributed by atoms with Gasteiger partial charge in [-0.3, -0.25) is 0 Å². The predicted octanol–water partition coefficient (Wildman–Crippen LogP) is -0.452. The van der Waals surface area contributed by atoms with E-state index in [4.69, 9.17) is 24.8 Å². The van der Waals surface area contributed by atoms with Crippen molar-refractivity contribution in [3.63, 3.8) is 0 Å². The summed E-state index contributed by atoms with van der Waals surface area (Å²) >= 11 is 0. The van der Waals surface area contributed by atoms with Crippen LogP contribution in [0.2, 0.25) is 0 Å². The van der Waals surface area contributed by atoms with Crippen LogP contribution in [0.5, 0.6) is 0 Å². The molecule has 2 N–H and O–H groups in total. The van der Waals surface area contributed by atoms with Gasteiger partial charge in [-0.25, -0.2) is 4.59 Å². The van der Waals surface area contributed by atoms with E-state index in [1.54, 1.807) is 14.2 Å². The van der Waals surface area contributed by atoms with Crippen molar-refractivity contribution in [3.05, 3.63) is 0 Å². The zero-order chi connectivity index (χ0) is 11.6. The Morgan fingerprint density at radius 3 is 1.67 bits per heavy atom. The Labute approximate surface area is 91.4 Å². The average molecular weight is 223 g/mol. The van der Waals surface area contributed by atoms with Crippen molar-refractivity contribution in [2.45, 2.75) is 0 Å². The van der Waals surface area contributed by atoms with Crippen LogP contribution in [0.15, 0.2) is 0 Å². The second-order valence-electron chi connectivity index (χ2n) is 3.56. The zero-order valence-electron chi connectivity index (χ0n) is 9.90. The van der Waals surface area contributed by atoms with Gasteiger partial charge in [0.15, 0.2) is 0 Å². The minimum atomic E-state index is 0.306. The number of ether oxygens (including phenoxy) is 4. The minimum Gasteiger partial charge on any atom is -0.359 e. The standard InChI is InChI=1S/C9H23N2O4/c1-11(10,4-6-14-8-12-2)5-7-15-9-13-3/h4-10H2,1-3H3/q+1. The number of hydrogen-bond acceptors (Lipinski definition) is 5. The molecule has 0 aliphatic carbocycles. The summed E-state index contributed by atoms with van der Waals surface area (Å²) in [6, 6.07) is 0. The lowest BCUT2D eigenvalue weighted by Gasteiger charge is -2.27. The molecule has 0 radical (unpaired) electrons. The van der Waals surface area contributed by atoms with E-state index in [0.29, 0.717) is 31.4 Å². The fourth-order valence-corrected chi connectivity index (χ4v) is 0.943. The van der Waals surface area contributed by atoms with Crippen LogP contribution >= 0.6 is 0 Å². The van der Waals surface area contributed by atoms with Crippen LogP contribution in [0.25, 0.3) is 0 Å². The molecule has 0 saturated carbocycles. The lowest BCUT2D eigenvalue weighted by Crippen LogP contribution is -2.54. The first-order chi connectivity index (χ1) is 7.12. The van der Waals surface area contributed by atoms with Crippen molar-refractivity contribution in [2.24, 2.45) is 5.84 Å². The Morgan fingerprint density at radius 2 is 1.33 bits per heavy atom. The Balaban J connectivity index is 3.40. The molecule has 0 aromatic carbocycles. The molecular weight excluding hydrogens is 200 g/mol. The van der Waals surface area contributed by atoms with Crippen LogP contribution in [0.3, 0.4) is 0 Å². The van der Waals surface area contributed by atoms with E-state index in [2.05, 4.69) is 0 Å². The molecule has 0 amide bonds. The SMILES string of the molecule is COCOCC[N+](C)(N)CCOCOC. The van der Waals surface area contributed by atoms with Crippen molar-refractivity contribution in [1.29, 1.82) is 0 Å². The molecule has 0 aromatic heterocycles. The monoisotopic (exact) mass is 223 g/mol. The Hall–Kier alpha value is -0.240. The number of nitrogens with zero attached hydrogens (tertiary/aromatic N) is 1. The lowest BCUT2D eigenvalue weighted by atomic mass is 10.5. The first-order valence-corrected chi connectivity index (χ1v) is 4.89. The van der Waals surface area contributed by atoms with E-state index >= 15 is 0 Å². The minimum absolute atomic E-state index is 0.306. The van der Waals surface area contributed by atoms with Gasteiger partial charge in [-0.15, -0.1) is 0 Å². The quantitative estimate of drug-likeness (QED) is 0.179. The maximum Gasteiger partial charge on any atom is 0.146 e. The van der Waals surface area contributed by atoms with Gasteiger partial charge in [0.1, 0.15) is 39.9 Å². The number of nitrogens with two attached hydrogens (primary N) is 1. The summed E-state index contributed by atoms with van der Waals surface area (Å²) in [6.07, 6.45) is 0. The number of hydrogen-bond donors (Lipinski definition) is 1. The van der Waals surface area contributed by atoms with Crippen LogP contribution in [-0.2, 0) is 18.9 Å². The number of methoxy groups -OCH3 is 2. The van der Waals surface area contributed by atoms with Crippen molar-refractivity contribution >= 4 is 0 Å². The first kappa shape index (κ1) is 14.8. The number of likely N-dealkylation sites (N-methyl/N-ethyl adjacent to an activating group) is 1. The van der Waals surface area contributed by atoms with Crippen LogP contribution < -0.4 is 5.84 Å². The summed E-state index contributed by atoms with van der Waals surface area (Å²) < 4.78 is 20.2. The molecule has 0 heterocycles. The third-order valence-corrected chi connectivity index (χ3v) is 1.90. The number of rotatable bonds is 10. The topological polar surface area (TPSA) is 62.9 Å². The summed E-state index contributed by atoms with van der Waals surface area (Å²) in [5.74, 6) is 5.98. The fourth-order valence-electron chi connectivity index (χ4n) is 0.943. The van der Waals surface area contributed by atoms with Gasteiger partial charge < -0.3 is 18.9 Å². The molecule has 6 heteroatoms. The van der Waals surface area contributed by atoms with Crippen LogP contribution in [-0.4, -0.2) is 65.7 Å². The maximum absolute atomic E-state index is 5.98. The van der Waals surface area contributed by atoms with Gasteiger partial charge in [0.05, 0.1) is 7.05 Å². The van der Waals surface area contributed by atoms with Crippen LogP contribution in [0.1, 0.15) is 0 Å². The largest absolute Gasteiger partial charge is 0.359 e. The molecule has 92 valence electrons. The molecule has 6 nitrogen and oxygen atoms in total. The lowest BCUT2D eigenvalue weighted by molar-refractivity contribution is -0.922. The second kappa shape index (κ2) is 9.02. The summed E-state index contributed by atoms with van der Waals surface area (Å²) in [7, 11) is 5.11. The molecule has 15 heavy (non-hydrogen) atoms. The van der Waals surface area contributed by atoms with E-state index in [1.165, 1.54) is 0 Å². The number of quaternary nitrogens is 1. The average Bonchev–Trinajstić information content (AvgIpc) is 2.20. The highest BCUT2D eigenvalue weighted by Crippen LogP contribution is 1.93. The summed E-state index contributed by atoms with van der Waals surface area (Å²) in [5.41, 5.74) is 0. The van der Waals surface area contributed by atoms with Crippen LogP contribution in [0.4, 0.5) is 0 Å². The normalized spacial score (nSPS) is 12.0. The van der Waals surface area contributed by atoms with Gasteiger partial charge >= 0.3 is 0 Å². The van der Waals surface area contributed by atoms with Gasteiger partial charge in [0.25, 0.3) is 0 Å². The molecule has 0 spiro atoms. The Kier molecular flexibility index (Phi) is 8.88. The molecule has 0 saturated heterocycles. The van der Waals surface area contributed by atoms with Gasteiger partial charge in [0, 0.05) is 14.2 Å². The van der Waals surface area contributed by atoms with E-state index in [1.807, 2.05) is 7.05 Å². The molecule has 0 bridgehead atoms. The fraction of sp³-hybridized carbons (Fsp3) is 1.00. The Morgan fingerprint density at radius 1 is 0.933 bits per heavy atom. The Bertz CT molecular complexity index is 130. The highest BCUT2D eigenvalue weighted by atomic mass is 16.7. The smallest absolute Gasteiger partial charge is 0.146 e. The molecule has 0 atom stereocenters. The molecule has 0 aliphatic heterocycles. The van der Waals surface area contributed by atoms with E-state index in [9.17, 15) is 0 Å². The van der Waals surface area contributed by atoms with E-state index in [-0.39, 0.29) is 0 Å². The van der Waals surface area contributed by atoms with Gasteiger partial charge in [-0.2, -0.15) is 5.84 Å². The van der Waals surface area contributed by atoms with Gasteiger partial charge in [-0.1, -0.05) is 0 Å². The molecule has 0 aromatic rings. The van der Waals surface area contributed by atoms with Crippen LogP contribution in [0, 0.1) is 0 Å². The molecule has 0 fully saturated rings. The van der Waals surface area contributed by atoms with E-state index in [0.717, 1.165) is 13.1 Å². The predicted molar refractivity (Wildman–Crippen MR) is 55.8 cm³/mol. The van der Waals surface area contributed by atoms with E-state index < -0.39 is 0 Å². The third-order valence-electron chi connectivity index (χ3n) is 1.90. The van der Waals surface area contributed by atoms with Crippen molar-refractivity contribution in [3.8, 4) is 0 Å². The summed E-state index contributed by atoms with van der Waals surface area (Å²) in [4.78, 5) is 0. The van der Waals surface area contributed by atoms with Crippen molar-refractivity contribution in [2.75, 3.05) is 61.2 Å². The summed E-state index contributed by atoms with van der Waals surface area (Å²) in [5, 5.41) is 0. The second-order valence-corrected chi connectivity index (χ2v) is 3.56. The van der Waals surface area contributed by atoms with Gasteiger partial charge in [0.2, 0.25) is 0 Å². The highest BCUT2D eigenvalue weighted by molar-refractivity contribution is 4.32. The van der Waals surface area contributed by atoms with Gasteiger partial charge in [-0.05, 0) is 0 Å². The van der Waals surface area contributed by atoms with Crippen molar-refractivity contribution < 1.29 is 23.5 Å².